The molecule has 1 saturated heterocycles. The lowest BCUT2D eigenvalue weighted by molar-refractivity contribution is -0.274. The first-order valence-electron chi connectivity index (χ1n) is 7.16. The molecule has 3 rings (SSSR count). The summed E-state index contributed by atoms with van der Waals surface area (Å²) in [6, 6.07) is 5.94. The predicted molar refractivity (Wildman–Crippen MR) is 71.2 cm³/mol. The lowest BCUT2D eigenvalue weighted by atomic mass is 10.1. The van der Waals surface area contributed by atoms with E-state index in [1.165, 1.54) is 12.1 Å². The number of ether oxygens (including phenoxy) is 1. The van der Waals surface area contributed by atoms with Gasteiger partial charge >= 0.3 is 6.36 Å². The van der Waals surface area contributed by atoms with Crippen LogP contribution in [0.15, 0.2) is 24.3 Å². The number of hydrogen-bond acceptors (Lipinski definition) is 3. The lowest BCUT2D eigenvalue weighted by Crippen LogP contribution is -2.31. The van der Waals surface area contributed by atoms with Gasteiger partial charge in [-0.2, -0.15) is 0 Å². The van der Waals surface area contributed by atoms with E-state index in [1.807, 2.05) is 0 Å². The van der Waals surface area contributed by atoms with E-state index >= 15 is 0 Å². The zero-order chi connectivity index (χ0) is 15.9. The molecule has 2 unspecified atom stereocenters. The third kappa shape index (κ3) is 3.19. The molecule has 1 aromatic carbocycles. The van der Waals surface area contributed by atoms with E-state index in [9.17, 15) is 23.1 Å². The van der Waals surface area contributed by atoms with Crippen molar-refractivity contribution in [3.8, 4) is 5.75 Å². The molecular formula is C15H16F3NO3. The van der Waals surface area contributed by atoms with E-state index in [0.717, 1.165) is 0 Å². The average molecular weight is 315 g/mol. The number of likely N-dealkylation sites (tertiary alicyclic amines) is 1. The molecule has 0 aromatic heterocycles. The van der Waals surface area contributed by atoms with Crippen LogP contribution in [0.2, 0.25) is 0 Å². The second kappa shape index (κ2) is 5.46. The first kappa shape index (κ1) is 15.1. The lowest BCUT2D eigenvalue weighted by Gasteiger charge is -2.16. The van der Waals surface area contributed by atoms with Gasteiger partial charge in [-0.15, -0.1) is 13.2 Å². The number of aliphatic hydroxyl groups is 1. The quantitative estimate of drug-likeness (QED) is 0.931. The molecular weight excluding hydrogens is 299 g/mol. The second-order valence-electron chi connectivity index (χ2n) is 5.76. The molecule has 7 heteroatoms. The van der Waals surface area contributed by atoms with Gasteiger partial charge in [-0.05, 0) is 30.4 Å². The minimum atomic E-state index is -4.75. The Labute approximate surface area is 125 Å². The number of aliphatic hydroxyl groups excluding tert-OH is 1. The Kier molecular flexibility index (Phi) is 3.76. The minimum absolute atomic E-state index is 0.0941. The highest BCUT2D eigenvalue weighted by atomic mass is 19.4. The number of para-hydroxylation sites is 1. The fourth-order valence-electron chi connectivity index (χ4n) is 2.99. The molecule has 1 amide bonds. The summed E-state index contributed by atoms with van der Waals surface area (Å²) in [6.45, 7) is 0.812. The molecule has 22 heavy (non-hydrogen) atoms. The third-order valence-electron chi connectivity index (χ3n) is 4.13. The normalized spacial score (nSPS) is 27.8. The number of benzene rings is 1. The van der Waals surface area contributed by atoms with Crippen molar-refractivity contribution in [2.75, 3.05) is 13.1 Å². The van der Waals surface area contributed by atoms with E-state index in [2.05, 4.69) is 4.74 Å². The van der Waals surface area contributed by atoms with Gasteiger partial charge in [0.1, 0.15) is 5.75 Å². The summed E-state index contributed by atoms with van der Waals surface area (Å²) in [5, 5.41) is 9.47. The molecule has 0 radical (unpaired) electrons. The van der Waals surface area contributed by atoms with Gasteiger partial charge in [0.2, 0.25) is 5.91 Å². The van der Waals surface area contributed by atoms with Gasteiger partial charge in [0.15, 0.2) is 0 Å². The molecule has 0 spiro atoms. The number of β-amino-alcohol motifs (C(OH)–C–C–N with tert-alkyl or cyclic N) is 1. The number of nitrogens with zero attached hydrogens (tertiary/aromatic N) is 1. The number of alkyl halides is 3. The van der Waals surface area contributed by atoms with Crippen LogP contribution in [0.1, 0.15) is 24.3 Å². The highest BCUT2D eigenvalue weighted by Gasteiger charge is 2.48. The summed E-state index contributed by atoms with van der Waals surface area (Å²) in [4.78, 5) is 13.9. The first-order valence-corrected chi connectivity index (χ1v) is 7.16. The minimum Gasteiger partial charge on any atom is -0.405 e. The number of carbonyl (C=O) groups is 1. The predicted octanol–water partition coefficient (Wildman–Crippen LogP) is 2.28. The van der Waals surface area contributed by atoms with Crippen LogP contribution < -0.4 is 4.74 Å². The molecule has 1 saturated carbocycles. The van der Waals surface area contributed by atoms with Crippen molar-refractivity contribution in [3.63, 3.8) is 0 Å². The average Bonchev–Trinajstić information content (AvgIpc) is 3.11. The Morgan fingerprint density at radius 2 is 2.05 bits per heavy atom. The Bertz CT molecular complexity index is 575. The van der Waals surface area contributed by atoms with Crippen LogP contribution >= 0.6 is 0 Å². The Balaban J connectivity index is 1.71. The summed E-state index contributed by atoms with van der Waals surface area (Å²) in [7, 11) is 0. The molecule has 2 aliphatic rings. The van der Waals surface area contributed by atoms with Crippen LogP contribution in [0.4, 0.5) is 13.2 Å². The molecule has 3 atom stereocenters. The largest absolute Gasteiger partial charge is 0.573 e. The summed E-state index contributed by atoms with van der Waals surface area (Å²) in [6.07, 6.45) is -4.17. The van der Waals surface area contributed by atoms with Gasteiger partial charge in [0.25, 0.3) is 0 Å². The monoisotopic (exact) mass is 315 g/mol. The zero-order valence-electron chi connectivity index (χ0n) is 11.7. The molecule has 4 nitrogen and oxygen atoms in total. The Hall–Kier alpha value is -1.76. The molecule has 120 valence electrons. The summed E-state index contributed by atoms with van der Waals surface area (Å²) in [5.41, 5.74) is 0.415. The Morgan fingerprint density at radius 1 is 1.32 bits per heavy atom. The van der Waals surface area contributed by atoms with Crippen molar-refractivity contribution in [1.82, 2.24) is 4.90 Å². The molecule has 1 aromatic rings. The SMILES string of the molecule is O=C(C1CC1c1ccccc1OC(F)(F)F)N1CC[C@@H](O)C1. The molecule has 1 N–H and O–H groups in total. The van der Waals surface area contributed by atoms with Crippen LogP contribution in [-0.4, -0.2) is 41.5 Å². The van der Waals surface area contributed by atoms with Crippen molar-refractivity contribution in [3.05, 3.63) is 29.8 Å². The topological polar surface area (TPSA) is 49.8 Å². The maximum absolute atomic E-state index is 12.4. The van der Waals surface area contributed by atoms with Crippen LogP contribution in [0.3, 0.4) is 0 Å². The van der Waals surface area contributed by atoms with Crippen LogP contribution in [-0.2, 0) is 4.79 Å². The van der Waals surface area contributed by atoms with Gasteiger partial charge in [-0.1, -0.05) is 18.2 Å². The highest BCUT2D eigenvalue weighted by Crippen LogP contribution is 2.51. The number of halogens is 3. The van der Waals surface area contributed by atoms with Crippen molar-refractivity contribution < 1.29 is 27.8 Å². The zero-order valence-corrected chi connectivity index (χ0v) is 11.7. The van der Waals surface area contributed by atoms with E-state index in [1.54, 1.807) is 17.0 Å². The summed E-state index contributed by atoms with van der Waals surface area (Å²) in [5.74, 6) is -0.896. The fraction of sp³-hybridized carbons (Fsp3) is 0.533. The van der Waals surface area contributed by atoms with Gasteiger partial charge < -0.3 is 14.7 Å². The van der Waals surface area contributed by atoms with Gasteiger partial charge in [0.05, 0.1) is 6.10 Å². The van der Waals surface area contributed by atoms with E-state index < -0.39 is 12.5 Å². The van der Waals surface area contributed by atoms with E-state index in [0.29, 0.717) is 31.5 Å². The molecule has 0 bridgehead atoms. The first-order chi connectivity index (χ1) is 10.3. The van der Waals surface area contributed by atoms with E-state index in [4.69, 9.17) is 0 Å². The van der Waals surface area contributed by atoms with Crippen molar-refractivity contribution in [1.29, 1.82) is 0 Å². The highest BCUT2D eigenvalue weighted by molar-refractivity contribution is 5.83. The van der Waals surface area contributed by atoms with Crippen LogP contribution in [0.5, 0.6) is 5.75 Å². The molecule has 1 heterocycles. The number of carbonyl (C=O) groups excluding carboxylic acids is 1. The summed E-state index contributed by atoms with van der Waals surface area (Å²) < 4.78 is 41.3. The standard InChI is InChI=1S/C15H16F3NO3/c16-15(17,18)22-13-4-2-1-3-10(13)11-7-12(11)14(21)19-6-5-9(20)8-19/h1-4,9,11-12,20H,5-8H2/t9-,11?,12?/m1/s1. The van der Waals surface area contributed by atoms with Crippen molar-refractivity contribution >= 4 is 5.91 Å². The van der Waals surface area contributed by atoms with Crippen molar-refractivity contribution in [2.24, 2.45) is 5.92 Å². The van der Waals surface area contributed by atoms with Crippen LogP contribution in [0, 0.1) is 5.92 Å². The number of rotatable bonds is 3. The summed E-state index contributed by atoms with van der Waals surface area (Å²) >= 11 is 0. The van der Waals surface area contributed by atoms with E-state index in [-0.39, 0.29) is 23.5 Å². The third-order valence-corrected chi connectivity index (χ3v) is 4.13. The van der Waals surface area contributed by atoms with Gasteiger partial charge in [0, 0.05) is 19.0 Å². The van der Waals surface area contributed by atoms with Crippen LogP contribution in [0.25, 0.3) is 0 Å². The molecule has 1 aliphatic heterocycles. The maximum Gasteiger partial charge on any atom is 0.573 e. The molecule has 2 fully saturated rings. The fourth-order valence-corrected chi connectivity index (χ4v) is 2.99. The molecule has 1 aliphatic carbocycles. The number of amides is 1. The Morgan fingerprint density at radius 3 is 2.68 bits per heavy atom. The smallest absolute Gasteiger partial charge is 0.405 e. The second-order valence-corrected chi connectivity index (χ2v) is 5.76. The maximum atomic E-state index is 12.4. The number of hydrogen-bond donors (Lipinski definition) is 1. The van der Waals surface area contributed by atoms with Gasteiger partial charge in [-0.25, -0.2) is 0 Å². The van der Waals surface area contributed by atoms with Gasteiger partial charge in [-0.3, -0.25) is 4.79 Å². The van der Waals surface area contributed by atoms with Crippen molar-refractivity contribution in [2.45, 2.75) is 31.2 Å².